The quantitative estimate of drug-likeness (QED) is 0.457. The molecular formula is C20H22N6O3S. The highest BCUT2D eigenvalue weighted by atomic mass is 32.2. The van der Waals surface area contributed by atoms with E-state index >= 15 is 0 Å². The van der Waals surface area contributed by atoms with Gasteiger partial charge in [0.05, 0.1) is 5.75 Å². The first kappa shape index (κ1) is 19.9. The highest BCUT2D eigenvalue weighted by Gasteiger charge is 2.28. The van der Waals surface area contributed by atoms with E-state index in [1.165, 1.54) is 16.4 Å². The van der Waals surface area contributed by atoms with Crippen LogP contribution in [-0.2, 0) is 4.79 Å². The number of nitrogen functional groups attached to an aromatic ring is 1. The standard InChI is InChI=1S/C20H22N6O3S/c1-25(2)14-9-7-13(8-10-14)22-18(27)12-30-20-24-23-19(26(20)21)17-11-28-15-5-3-4-6-16(15)29-17/h3-10,17H,11-12,21H2,1-2H3,(H,22,27)/t17-/m1/s1. The van der Waals surface area contributed by atoms with Crippen molar-refractivity contribution in [3.05, 3.63) is 54.4 Å². The fourth-order valence-electron chi connectivity index (χ4n) is 2.92. The summed E-state index contributed by atoms with van der Waals surface area (Å²) in [6.45, 7) is 0.278. The Hall–Kier alpha value is -3.40. The molecule has 0 unspecified atom stereocenters. The van der Waals surface area contributed by atoms with Crippen LogP contribution in [0.25, 0.3) is 0 Å². The van der Waals surface area contributed by atoms with Gasteiger partial charge in [0.2, 0.25) is 11.1 Å². The fourth-order valence-corrected chi connectivity index (χ4v) is 3.59. The first-order valence-corrected chi connectivity index (χ1v) is 10.3. The molecule has 1 aromatic heterocycles. The Morgan fingerprint density at radius 1 is 1.20 bits per heavy atom. The van der Waals surface area contributed by atoms with Gasteiger partial charge in [-0.3, -0.25) is 4.79 Å². The molecule has 3 aromatic rings. The van der Waals surface area contributed by atoms with Crippen LogP contribution < -0.4 is 25.5 Å². The molecule has 1 aliphatic rings. The molecule has 156 valence electrons. The van der Waals surface area contributed by atoms with Crippen molar-refractivity contribution in [2.45, 2.75) is 11.3 Å². The largest absolute Gasteiger partial charge is 0.485 e. The zero-order chi connectivity index (χ0) is 21.1. The highest BCUT2D eigenvalue weighted by molar-refractivity contribution is 7.99. The molecule has 0 spiro atoms. The van der Waals surface area contributed by atoms with E-state index in [1.54, 1.807) is 0 Å². The number of aromatic nitrogens is 3. The summed E-state index contributed by atoms with van der Waals surface area (Å²) < 4.78 is 13.0. The molecule has 2 heterocycles. The molecule has 30 heavy (non-hydrogen) atoms. The van der Waals surface area contributed by atoms with E-state index in [9.17, 15) is 4.79 Å². The van der Waals surface area contributed by atoms with E-state index in [4.69, 9.17) is 15.3 Å². The van der Waals surface area contributed by atoms with Gasteiger partial charge in [-0.05, 0) is 36.4 Å². The maximum absolute atomic E-state index is 12.3. The number of nitrogens with one attached hydrogen (secondary N) is 1. The number of benzene rings is 2. The summed E-state index contributed by atoms with van der Waals surface area (Å²) in [5.41, 5.74) is 1.79. The van der Waals surface area contributed by atoms with Crippen molar-refractivity contribution >= 4 is 29.0 Å². The molecule has 0 aliphatic carbocycles. The van der Waals surface area contributed by atoms with E-state index in [1.807, 2.05) is 67.5 Å². The summed E-state index contributed by atoms with van der Waals surface area (Å²) in [5, 5.41) is 11.5. The normalized spacial score (nSPS) is 14.9. The molecule has 10 heteroatoms. The Kier molecular flexibility index (Phi) is 5.66. The molecule has 2 aromatic carbocycles. The third-order valence-electron chi connectivity index (χ3n) is 4.49. The Morgan fingerprint density at radius 3 is 2.67 bits per heavy atom. The average molecular weight is 427 g/mol. The summed E-state index contributed by atoms with van der Waals surface area (Å²) in [6, 6.07) is 15.0. The maximum atomic E-state index is 12.3. The van der Waals surface area contributed by atoms with Gasteiger partial charge in [-0.15, -0.1) is 10.2 Å². The molecule has 1 amide bonds. The molecule has 1 aliphatic heterocycles. The van der Waals surface area contributed by atoms with Gasteiger partial charge in [0.25, 0.3) is 0 Å². The monoisotopic (exact) mass is 426 g/mol. The van der Waals surface area contributed by atoms with Gasteiger partial charge in [0.15, 0.2) is 23.4 Å². The molecule has 0 saturated heterocycles. The smallest absolute Gasteiger partial charge is 0.234 e. The second kappa shape index (κ2) is 8.54. The van der Waals surface area contributed by atoms with Crippen LogP contribution >= 0.6 is 11.8 Å². The Morgan fingerprint density at radius 2 is 1.93 bits per heavy atom. The maximum Gasteiger partial charge on any atom is 0.234 e. The number of anilines is 2. The van der Waals surface area contributed by atoms with Gasteiger partial charge in [-0.25, -0.2) is 4.68 Å². The number of para-hydroxylation sites is 2. The lowest BCUT2D eigenvalue weighted by atomic mass is 10.2. The Labute approximate surface area is 178 Å². The molecular weight excluding hydrogens is 404 g/mol. The predicted octanol–water partition coefficient (Wildman–Crippen LogP) is 2.30. The first-order chi connectivity index (χ1) is 14.5. The molecule has 0 saturated carbocycles. The summed E-state index contributed by atoms with van der Waals surface area (Å²) in [5.74, 6) is 7.88. The number of hydrogen-bond donors (Lipinski definition) is 2. The lowest BCUT2D eigenvalue weighted by Crippen LogP contribution is -2.27. The number of carbonyl (C=O) groups is 1. The van der Waals surface area contributed by atoms with Crippen LogP contribution in [0.3, 0.4) is 0 Å². The third-order valence-corrected chi connectivity index (χ3v) is 5.43. The number of fused-ring (bicyclic) bond motifs is 1. The number of nitrogens with zero attached hydrogens (tertiary/aromatic N) is 4. The van der Waals surface area contributed by atoms with Crippen molar-refractivity contribution in [3.63, 3.8) is 0 Å². The zero-order valence-corrected chi connectivity index (χ0v) is 17.4. The zero-order valence-electron chi connectivity index (χ0n) is 16.6. The molecule has 0 fully saturated rings. The average Bonchev–Trinajstić information content (AvgIpc) is 3.12. The van der Waals surface area contributed by atoms with Gasteiger partial charge in [0, 0.05) is 25.5 Å². The summed E-state index contributed by atoms with van der Waals surface area (Å²) in [7, 11) is 3.93. The molecule has 3 N–H and O–H groups in total. The predicted molar refractivity (Wildman–Crippen MR) is 116 cm³/mol. The van der Waals surface area contributed by atoms with Crippen molar-refractivity contribution in [1.29, 1.82) is 0 Å². The minimum atomic E-state index is -0.476. The number of thioether (sulfide) groups is 1. The number of hydrogen-bond acceptors (Lipinski definition) is 8. The number of ether oxygens (including phenoxy) is 2. The molecule has 4 rings (SSSR count). The van der Waals surface area contributed by atoms with Crippen molar-refractivity contribution in [2.75, 3.05) is 42.5 Å². The lowest BCUT2D eigenvalue weighted by molar-refractivity contribution is -0.113. The summed E-state index contributed by atoms with van der Waals surface area (Å²) >= 11 is 1.20. The van der Waals surface area contributed by atoms with Gasteiger partial charge < -0.3 is 25.5 Å². The van der Waals surface area contributed by atoms with Crippen LogP contribution in [0, 0.1) is 0 Å². The summed E-state index contributed by atoms with van der Waals surface area (Å²) in [6.07, 6.45) is -0.476. The molecule has 1 atom stereocenters. The van der Waals surface area contributed by atoms with Gasteiger partial charge in [0.1, 0.15) is 6.61 Å². The summed E-state index contributed by atoms with van der Waals surface area (Å²) in [4.78, 5) is 14.3. The number of amides is 1. The Balaban J connectivity index is 1.35. The van der Waals surface area contributed by atoms with Crippen LogP contribution in [-0.4, -0.2) is 47.2 Å². The van der Waals surface area contributed by atoms with Gasteiger partial charge >= 0.3 is 0 Å². The van der Waals surface area contributed by atoms with Crippen LogP contribution in [0.1, 0.15) is 11.9 Å². The number of nitrogens with two attached hydrogens (primary N) is 1. The van der Waals surface area contributed by atoms with Crippen LogP contribution in [0.4, 0.5) is 11.4 Å². The minimum absolute atomic E-state index is 0.148. The third kappa shape index (κ3) is 4.28. The second-order valence-corrected chi connectivity index (χ2v) is 7.80. The van der Waals surface area contributed by atoms with Crippen molar-refractivity contribution in [1.82, 2.24) is 14.9 Å². The van der Waals surface area contributed by atoms with E-state index in [0.717, 1.165) is 11.4 Å². The molecule has 0 bridgehead atoms. The van der Waals surface area contributed by atoms with Crippen molar-refractivity contribution < 1.29 is 14.3 Å². The van der Waals surface area contributed by atoms with Gasteiger partial charge in [-0.1, -0.05) is 23.9 Å². The topological polar surface area (TPSA) is 108 Å². The van der Waals surface area contributed by atoms with Crippen LogP contribution in [0.15, 0.2) is 53.7 Å². The van der Waals surface area contributed by atoms with E-state index in [-0.39, 0.29) is 18.3 Å². The van der Waals surface area contributed by atoms with Crippen molar-refractivity contribution in [2.24, 2.45) is 0 Å². The number of carbonyl (C=O) groups excluding carboxylic acids is 1. The first-order valence-electron chi connectivity index (χ1n) is 9.30. The van der Waals surface area contributed by atoms with E-state index < -0.39 is 6.10 Å². The van der Waals surface area contributed by atoms with Gasteiger partial charge in [-0.2, -0.15) is 0 Å². The lowest BCUT2D eigenvalue weighted by Gasteiger charge is -2.25. The van der Waals surface area contributed by atoms with E-state index in [0.29, 0.717) is 22.5 Å². The molecule has 0 radical (unpaired) electrons. The second-order valence-electron chi connectivity index (χ2n) is 6.85. The minimum Gasteiger partial charge on any atom is -0.485 e. The Bertz CT molecular complexity index is 1040. The number of rotatable bonds is 6. The van der Waals surface area contributed by atoms with Crippen LogP contribution in [0.2, 0.25) is 0 Å². The highest BCUT2D eigenvalue weighted by Crippen LogP contribution is 2.35. The molecule has 9 nitrogen and oxygen atoms in total. The fraction of sp³-hybridized carbons (Fsp3) is 0.250. The SMILES string of the molecule is CN(C)c1ccc(NC(=O)CSc2nnc([C@H]3COc4ccccc4O3)n2N)cc1. The van der Waals surface area contributed by atoms with E-state index in [2.05, 4.69) is 15.5 Å². The van der Waals surface area contributed by atoms with Crippen LogP contribution in [0.5, 0.6) is 11.5 Å². The van der Waals surface area contributed by atoms with Crippen molar-refractivity contribution in [3.8, 4) is 11.5 Å².